The van der Waals surface area contributed by atoms with Crippen LogP contribution in [0, 0.1) is 5.82 Å². The number of ether oxygens (including phenoxy) is 1. The zero-order chi connectivity index (χ0) is 22.3. The third kappa shape index (κ3) is 4.23. The minimum absolute atomic E-state index is 0.0335. The van der Waals surface area contributed by atoms with Crippen LogP contribution in [-0.4, -0.2) is 26.2 Å². The van der Waals surface area contributed by atoms with E-state index in [2.05, 4.69) is 21.8 Å². The minimum atomic E-state index is -4.56. The van der Waals surface area contributed by atoms with Crippen molar-refractivity contribution < 1.29 is 22.3 Å². The second-order valence-electron chi connectivity index (χ2n) is 6.21. The summed E-state index contributed by atoms with van der Waals surface area (Å²) in [5.74, 6) is -0.675. The number of fused-ring (bicyclic) bond motifs is 1. The van der Waals surface area contributed by atoms with Crippen LogP contribution < -0.4 is 4.74 Å². The fourth-order valence-electron chi connectivity index (χ4n) is 2.70. The Morgan fingerprint density at radius 3 is 2.55 bits per heavy atom. The van der Waals surface area contributed by atoms with Crippen molar-refractivity contribution in [3.05, 3.63) is 64.7 Å². The van der Waals surface area contributed by atoms with Crippen molar-refractivity contribution in [2.24, 2.45) is 0 Å². The van der Waals surface area contributed by atoms with Crippen LogP contribution >= 0.6 is 34.5 Å². The maximum Gasteiger partial charge on any atom is 0.417 e. The van der Waals surface area contributed by atoms with Crippen molar-refractivity contribution in [1.29, 1.82) is 0 Å². The van der Waals surface area contributed by atoms with Gasteiger partial charge in [0.15, 0.2) is 22.2 Å². The number of pyridine rings is 1. The third-order valence-electron chi connectivity index (χ3n) is 4.09. The topological polar surface area (TPSA) is 52.3 Å². The molecular weight excluding hydrogens is 479 g/mol. The largest absolute Gasteiger partial charge is 0.486 e. The van der Waals surface area contributed by atoms with Gasteiger partial charge in [0, 0.05) is 24.0 Å². The molecule has 5 nitrogen and oxygen atoms in total. The van der Waals surface area contributed by atoms with Crippen LogP contribution in [0.25, 0.3) is 26.9 Å². The molecule has 160 valence electrons. The first kappa shape index (κ1) is 21.5. The Kier molecular flexibility index (Phi) is 5.63. The van der Waals surface area contributed by atoms with Gasteiger partial charge in [0.1, 0.15) is 17.3 Å². The van der Waals surface area contributed by atoms with Gasteiger partial charge >= 0.3 is 6.18 Å². The van der Waals surface area contributed by atoms with Crippen LogP contribution in [-0.2, 0) is 6.18 Å². The van der Waals surface area contributed by atoms with Gasteiger partial charge in [-0.3, -0.25) is 0 Å². The lowest BCUT2D eigenvalue weighted by Gasteiger charge is -2.07. The molecule has 12 heteroatoms. The minimum Gasteiger partial charge on any atom is -0.486 e. The molecule has 0 unspecified atom stereocenters. The van der Waals surface area contributed by atoms with E-state index in [0.29, 0.717) is 10.0 Å². The van der Waals surface area contributed by atoms with Crippen molar-refractivity contribution in [2.45, 2.75) is 6.18 Å². The van der Waals surface area contributed by atoms with Gasteiger partial charge in [0.2, 0.25) is 0 Å². The SMILES string of the molecule is C=CCOc1cc(Cl)c(-c2nnc(-c3cn4cc(C(F)(F)F)cc(Cl)c4n3)s2)cc1F. The molecule has 1 aromatic carbocycles. The Hall–Kier alpha value is -2.69. The van der Waals surface area contributed by atoms with E-state index in [4.69, 9.17) is 27.9 Å². The smallest absolute Gasteiger partial charge is 0.417 e. The molecule has 0 aliphatic heterocycles. The molecule has 0 N–H and O–H groups in total. The number of alkyl halides is 3. The van der Waals surface area contributed by atoms with Crippen LogP contribution in [0.3, 0.4) is 0 Å². The summed E-state index contributed by atoms with van der Waals surface area (Å²) < 4.78 is 59.7. The van der Waals surface area contributed by atoms with E-state index in [1.165, 1.54) is 28.8 Å². The lowest BCUT2D eigenvalue weighted by molar-refractivity contribution is -0.137. The molecule has 4 aromatic rings. The number of hydrogen-bond donors (Lipinski definition) is 0. The summed E-state index contributed by atoms with van der Waals surface area (Å²) in [6.07, 6.45) is -0.847. The number of halogens is 6. The lowest BCUT2D eigenvalue weighted by Crippen LogP contribution is -2.06. The second kappa shape index (κ2) is 8.10. The number of nitrogens with zero attached hydrogens (tertiary/aromatic N) is 4. The predicted molar refractivity (Wildman–Crippen MR) is 110 cm³/mol. The summed E-state index contributed by atoms with van der Waals surface area (Å²) in [5, 5.41) is 8.63. The van der Waals surface area contributed by atoms with E-state index in [9.17, 15) is 17.6 Å². The molecule has 0 amide bonds. The van der Waals surface area contributed by atoms with E-state index in [-0.39, 0.29) is 39.3 Å². The number of rotatable bonds is 5. The van der Waals surface area contributed by atoms with Crippen molar-refractivity contribution in [3.63, 3.8) is 0 Å². The monoisotopic (exact) mass is 488 g/mol. The van der Waals surface area contributed by atoms with Crippen molar-refractivity contribution in [3.8, 4) is 27.0 Å². The van der Waals surface area contributed by atoms with E-state index in [0.717, 1.165) is 23.6 Å². The molecular formula is C19H10Cl2F4N4OS. The first-order valence-electron chi connectivity index (χ1n) is 8.50. The first-order chi connectivity index (χ1) is 14.7. The van der Waals surface area contributed by atoms with Gasteiger partial charge in [-0.1, -0.05) is 47.2 Å². The standard InChI is InChI=1S/C19H10Cl2F4N4OS/c1-2-3-30-15-6-11(20)10(5-13(15)22)17-27-28-18(31-17)14-8-29-7-9(19(23,24)25)4-12(21)16(29)26-14/h2,4-8H,1,3H2. The van der Waals surface area contributed by atoms with E-state index >= 15 is 0 Å². The van der Waals surface area contributed by atoms with Gasteiger partial charge in [-0.15, -0.1) is 10.2 Å². The normalized spacial score (nSPS) is 11.8. The van der Waals surface area contributed by atoms with Gasteiger partial charge in [-0.25, -0.2) is 9.37 Å². The van der Waals surface area contributed by atoms with Gasteiger partial charge in [0.25, 0.3) is 0 Å². The average molecular weight is 489 g/mol. The Labute approximate surface area is 186 Å². The highest BCUT2D eigenvalue weighted by molar-refractivity contribution is 7.18. The summed E-state index contributed by atoms with van der Waals surface area (Å²) in [6, 6.07) is 3.29. The van der Waals surface area contributed by atoms with Crippen LogP contribution in [0.5, 0.6) is 5.75 Å². The fourth-order valence-corrected chi connectivity index (χ4v) is 4.09. The zero-order valence-corrected chi connectivity index (χ0v) is 17.6. The van der Waals surface area contributed by atoms with Gasteiger partial charge in [0.05, 0.1) is 15.6 Å². The van der Waals surface area contributed by atoms with E-state index < -0.39 is 17.6 Å². The molecule has 0 aliphatic rings. The first-order valence-corrected chi connectivity index (χ1v) is 10.1. The molecule has 0 radical (unpaired) electrons. The molecule has 0 saturated heterocycles. The highest BCUT2D eigenvalue weighted by Crippen LogP contribution is 2.38. The number of imidazole rings is 1. The summed E-state index contributed by atoms with van der Waals surface area (Å²) in [5.41, 5.74) is -0.232. The Bertz CT molecular complexity index is 1300. The molecule has 3 heterocycles. The van der Waals surface area contributed by atoms with Crippen molar-refractivity contribution >= 4 is 40.2 Å². The van der Waals surface area contributed by atoms with Gasteiger partial charge in [-0.05, 0) is 12.1 Å². The molecule has 0 fully saturated rings. The van der Waals surface area contributed by atoms with Gasteiger partial charge < -0.3 is 9.14 Å². The fraction of sp³-hybridized carbons (Fsp3) is 0.105. The highest BCUT2D eigenvalue weighted by Gasteiger charge is 2.32. The molecule has 3 aromatic heterocycles. The van der Waals surface area contributed by atoms with Crippen molar-refractivity contribution in [1.82, 2.24) is 19.6 Å². The second-order valence-corrected chi connectivity index (χ2v) is 8.00. The van der Waals surface area contributed by atoms with Gasteiger partial charge in [-0.2, -0.15) is 13.2 Å². The quantitative estimate of drug-likeness (QED) is 0.236. The number of benzene rings is 1. The molecule has 0 bridgehead atoms. The van der Waals surface area contributed by atoms with E-state index in [1.54, 1.807) is 0 Å². The summed E-state index contributed by atoms with van der Waals surface area (Å²) in [7, 11) is 0. The zero-order valence-electron chi connectivity index (χ0n) is 15.3. The molecule has 0 atom stereocenters. The third-order valence-corrected chi connectivity index (χ3v) is 5.66. The lowest BCUT2D eigenvalue weighted by atomic mass is 10.2. The maximum atomic E-state index is 14.3. The predicted octanol–water partition coefficient (Wildman–Crippen LogP) is 6.55. The van der Waals surface area contributed by atoms with E-state index in [1.807, 2.05) is 0 Å². The summed E-state index contributed by atoms with van der Waals surface area (Å²) in [4.78, 5) is 4.24. The Morgan fingerprint density at radius 1 is 1.10 bits per heavy atom. The summed E-state index contributed by atoms with van der Waals surface area (Å²) >= 11 is 13.2. The van der Waals surface area contributed by atoms with Crippen molar-refractivity contribution in [2.75, 3.05) is 6.61 Å². The Balaban J connectivity index is 1.71. The molecule has 31 heavy (non-hydrogen) atoms. The number of hydrogen-bond acceptors (Lipinski definition) is 5. The number of aromatic nitrogens is 4. The molecule has 4 rings (SSSR count). The summed E-state index contributed by atoms with van der Waals surface area (Å²) in [6.45, 7) is 3.61. The maximum absolute atomic E-state index is 14.3. The molecule has 0 saturated carbocycles. The molecule has 0 spiro atoms. The molecule has 0 aliphatic carbocycles. The van der Waals surface area contributed by atoms with Crippen LogP contribution in [0.15, 0.2) is 43.2 Å². The van der Waals surface area contributed by atoms with Crippen LogP contribution in [0.1, 0.15) is 5.56 Å². The Morgan fingerprint density at radius 2 is 1.84 bits per heavy atom. The van der Waals surface area contributed by atoms with Crippen LogP contribution in [0.4, 0.5) is 17.6 Å². The van der Waals surface area contributed by atoms with Crippen LogP contribution in [0.2, 0.25) is 10.0 Å². The average Bonchev–Trinajstić information content (AvgIpc) is 3.34. The highest BCUT2D eigenvalue weighted by atomic mass is 35.5.